The minimum Gasteiger partial charge on any atom is -0.384 e. The van der Waals surface area contributed by atoms with E-state index < -0.39 is 6.10 Å². The summed E-state index contributed by atoms with van der Waals surface area (Å²) in [6.45, 7) is 2.05. The summed E-state index contributed by atoms with van der Waals surface area (Å²) in [5.74, 6) is 0. The van der Waals surface area contributed by atoms with Crippen molar-refractivity contribution in [2.75, 3.05) is 0 Å². The molecule has 0 radical (unpaired) electrons. The molecule has 0 spiro atoms. The summed E-state index contributed by atoms with van der Waals surface area (Å²) in [6, 6.07) is 6.10. The molecule has 15 heavy (non-hydrogen) atoms. The standard InChI is InChI=1S/C13H15BrO/c1-9-6-7-12(14)11(8-9)13(15)10-4-2-3-5-10/h4,6-8,13,15H,2-3,5H2,1H3. The van der Waals surface area contributed by atoms with Crippen LogP contribution in [0, 0.1) is 6.92 Å². The van der Waals surface area contributed by atoms with Gasteiger partial charge in [0, 0.05) is 4.47 Å². The maximum absolute atomic E-state index is 10.2. The molecule has 80 valence electrons. The first-order chi connectivity index (χ1) is 7.18. The van der Waals surface area contributed by atoms with E-state index in [4.69, 9.17) is 0 Å². The zero-order valence-electron chi connectivity index (χ0n) is 8.83. The van der Waals surface area contributed by atoms with E-state index in [1.807, 2.05) is 25.1 Å². The van der Waals surface area contributed by atoms with Crippen LogP contribution >= 0.6 is 15.9 Å². The van der Waals surface area contributed by atoms with E-state index in [1.54, 1.807) is 0 Å². The molecular formula is C13H15BrO. The smallest absolute Gasteiger partial charge is 0.101 e. The number of rotatable bonds is 2. The molecule has 2 heteroatoms. The second-order valence-corrected chi connectivity index (χ2v) is 4.95. The molecule has 1 atom stereocenters. The average molecular weight is 267 g/mol. The van der Waals surface area contributed by atoms with Gasteiger partial charge in [0.1, 0.15) is 6.10 Å². The lowest BCUT2D eigenvalue weighted by Gasteiger charge is -2.14. The minimum atomic E-state index is -0.429. The molecule has 1 unspecified atom stereocenters. The molecule has 1 aromatic carbocycles. The number of hydrogen-bond acceptors (Lipinski definition) is 1. The Labute approximate surface area is 99.0 Å². The van der Waals surface area contributed by atoms with Crippen LogP contribution in [0.3, 0.4) is 0 Å². The Morgan fingerprint density at radius 2 is 2.20 bits per heavy atom. The molecule has 1 aromatic rings. The lowest BCUT2D eigenvalue weighted by Crippen LogP contribution is -2.01. The van der Waals surface area contributed by atoms with Gasteiger partial charge in [0.2, 0.25) is 0 Å². The van der Waals surface area contributed by atoms with Crippen molar-refractivity contribution in [1.29, 1.82) is 0 Å². The molecule has 1 aliphatic rings. The van der Waals surface area contributed by atoms with Crippen molar-refractivity contribution in [1.82, 2.24) is 0 Å². The highest BCUT2D eigenvalue weighted by molar-refractivity contribution is 9.10. The Hall–Kier alpha value is -0.600. The summed E-state index contributed by atoms with van der Waals surface area (Å²) in [5.41, 5.74) is 3.34. The molecule has 0 saturated heterocycles. The number of hydrogen-bond donors (Lipinski definition) is 1. The van der Waals surface area contributed by atoms with Crippen molar-refractivity contribution in [3.05, 3.63) is 45.4 Å². The van der Waals surface area contributed by atoms with E-state index in [0.29, 0.717) is 0 Å². The number of aryl methyl sites for hydroxylation is 1. The van der Waals surface area contributed by atoms with E-state index >= 15 is 0 Å². The van der Waals surface area contributed by atoms with Gasteiger partial charge in [-0.05, 0) is 43.4 Å². The highest BCUT2D eigenvalue weighted by atomic mass is 79.9. The van der Waals surface area contributed by atoms with E-state index in [2.05, 4.69) is 22.0 Å². The molecule has 0 bridgehead atoms. The fourth-order valence-corrected chi connectivity index (χ4v) is 2.48. The fraction of sp³-hybridized carbons (Fsp3) is 0.385. The summed E-state index contributed by atoms with van der Waals surface area (Å²) in [4.78, 5) is 0. The van der Waals surface area contributed by atoms with E-state index in [-0.39, 0.29) is 0 Å². The van der Waals surface area contributed by atoms with Gasteiger partial charge in [0.15, 0.2) is 0 Å². The van der Waals surface area contributed by atoms with Crippen molar-refractivity contribution in [3.8, 4) is 0 Å². The van der Waals surface area contributed by atoms with Gasteiger partial charge in [0.05, 0.1) is 0 Å². The van der Waals surface area contributed by atoms with Gasteiger partial charge < -0.3 is 5.11 Å². The molecule has 1 aliphatic carbocycles. The zero-order valence-corrected chi connectivity index (χ0v) is 10.4. The third-order valence-corrected chi connectivity index (χ3v) is 3.60. The predicted molar refractivity (Wildman–Crippen MR) is 65.8 cm³/mol. The summed E-state index contributed by atoms with van der Waals surface area (Å²) < 4.78 is 0.994. The number of aliphatic hydroxyl groups is 1. The summed E-state index contributed by atoms with van der Waals surface area (Å²) >= 11 is 3.49. The third-order valence-electron chi connectivity index (χ3n) is 2.87. The van der Waals surface area contributed by atoms with Crippen LogP contribution in [-0.4, -0.2) is 5.11 Å². The molecule has 0 heterocycles. The Morgan fingerprint density at radius 3 is 2.87 bits per heavy atom. The van der Waals surface area contributed by atoms with Crippen molar-refractivity contribution in [2.24, 2.45) is 0 Å². The van der Waals surface area contributed by atoms with Crippen molar-refractivity contribution in [2.45, 2.75) is 32.3 Å². The highest BCUT2D eigenvalue weighted by Gasteiger charge is 2.18. The Morgan fingerprint density at radius 1 is 1.40 bits per heavy atom. The van der Waals surface area contributed by atoms with Gasteiger partial charge in [-0.2, -0.15) is 0 Å². The first-order valence-electron chi connectivity index (χ1n) is 5.31. The fourth-order valence-electron chi connectivity index (χ4n) is 2.02. The second-order valence-electron chi connectivity index (χ2n) is 4.10. The Bertz CT molecular complexity index is 396. The molecule has 0 saturated carbocycles. The Balaban J connectivity index is 2.31. The average Bonchev–Trinajstić information content (AvgIpc) is 2.74. The van der Waals surface area contributed by atoms with Crippen LogP contribution in [0.2, 0.25) is 0 Å². The van der Waals surface area contributed by atoms with Gasteiger partial charge in [-0.3, -0.25) is 0 Å². The molecule has 0 aliphatic heterocycles. The van der Waals surface area contributed by atoms with Crippen LogP contribution in [0.1, 0.15) is 36.5 Å². The summed E-state index contributed by atoms with van der Waals surface area (Å²) in [5, 5.41) is 10.2. The monoisotopic (exact) mass is 266 g/mol. The van der Waals surface area contributed by atoms with Crippen LogP contribution in [0.5, 0.6) is 0 Å². The van der Waals surface area contributed by atoms with Gasteiger partial charge >= 0.3 is 0 Å². The van der Waals surface area contributed by atoms with Crippen LogP contribution < -0.4 is 0 Å². The van der Waals surface area contributed by atoms with Crippen LogP contribution in [-0.2, 0) is 0 Å². The quantitative estimate of drug-likeness (QED) is 0.806. The van der Waals surface area contributed by atoms with Crippen molar-refractivity contribution in [3.63, 3.8) is 0 Å². The molecule has 0 fully saturated rings. The third kappa shape index (κ3) is 2.32. The highest BCUT2D eigenvalue weighted by Crippen LogP contribution is 2.34. The number of allylic oxidation sites excluding steroid dienone is 1. The molecule has 1 nitrogen and oxygen atoms in total. The normalized spacial score (nSPS) is 17.7. The number of aliphatic hydroxyl groups excluding tert-OH is 1. The maximum atomic E-state index is 10.2. The zero-order chi connectivity index (χ0) is 10.8. The maximum Gasteiger partial charge on any atom is 0.101 e. The minimum absolute atomic E-state index is 0.429. The first kappa shape index (κ1) is 10.9. The molecule has 1 N–H and O–H groups in total. The SMILES string of the molecule is Cc1ccc(Br)c(C(O)C2=CCCC2)c1. The van der Waals surface area contributed by atoms with E-state index in [1.165, 1.54) is 17.6 Å². The molecular weight excluding hydrogens is 252 g/mol. The van der Waals surface area contributed by atoms with Gasteiger partial charge in [-0.25, -0.2) is 0 Å². The predicted octanol–water partition coefficient (Wildman–Crippen LogP) is 3.90. The Kier molecular flexibility index (Phi) is 3.27. The summed E-state index contributed by atoms with van der Waals surface area (Å²) in [6.07, 6.45) is 5.05. The van der Waals surface area contributed by atoms with Gasteiger partial charge in [-0.15, -0.1) is 0 Å². The van der Waals surface area contributed by atoms with E-state index in [9.17, 15) is 5.11 Å². The number of halogens is 1. The largest absolute Gasteiger partial charge is 0.384 e. The van der Waals surface area contributed by atoms with Gasteiger partial charge in [0.25, 0.3) is 0 Å². The van der Waals surface area contributed by atoms with E-state index in [0.717, 1.165) is 22.9 Å². The van der Waals surface area contributed by atoms with Crippen molar-refractivity contribution >= 4 is 15.9 Å². The van der Waals surface area contributed by atoms with Crippen LogP contribution in [0.4, 0.5) is 0 Å². The van der Waals surface area contributed by atoms with Crippen LogP contribution in [0.15, 0.2) is 34.3 Å². The molecule has 0 aromatic heterocycles. The van der Waals surface area contributed by atoms with Gasteiger partial charge in [-0.1, -0.05) is 39.7 Å². The topological polar surface area (TPSA) is 20.2 Å². The van der Waals surface area contributed by atoms with Crippen molar-refractivity contribution < 1.29 is 5.11 Å². The summed E-state index contributed by atoms with van der Waals surface area (Å²) in [7, 11) is 0. The number of benzene rings is 1. The molecule has 2 rings (SSSR count). The molecule has 0 amide bonds. The van der Waals surface area contributed by atoms with Crippen LogP contribution in [0.25, 0.3) is 0 Å². The first-order valence-corrected chi connectivity index (χ1v) is 6.11. The lowest BCUT2D eigenvalue weighted by molar-refractivity contribution is 0.212. The second kappa shape index (κ2) is 4.50. The lowest BCUT2D eigenvalue weighted by atomic mass is 10.00.